The Balaban J connectivity index is 1.97. The van der Waals surface area contributed by atoms with Gasteiger partial charge in [-0.3, -0.25) is 4.79 Å². The number of rotatable bonds is 6. The Bertz CT molecular complexity index is 932. The number of nitrogens with zero attached hydrogens (tertiary/aromatic N) is 2. The van der Waals surface area contributed by atoms with Crippen LogP contribution in [0.2, 0.25) is 5.02 Å². The van der Waals surface area contributed by atoms with E-state index in [0.29, 0.717) is 22.2 Å². The maximum Gasteiger partial charge on any atom is 0.322 e. The third-order valence-corrected chi connectivity index (χ3v) is 3.89. The van der Waals surface area contributed by atoms with Crippen molar-refractivity contribution in [1.29, 1.82) is 0 Å². The van der Waals surface area contributed by atoms with Crippen molar-refractivity contribution in [2.24, 2.45) is 0 Å². The lowest BCUT2D eigenvalue weighted by Crippen LogP contribution is -2.15. The van der Waals surface area contributed by atoms with E-state index in [1.54, 1.807) is 6.07 Å². The molecule has 0 bridgehead atoms. The summed E-state index contributed by atoms with van der Waals surface area (Å²) in [6, 6.07) is 17.0. The predicted octanol–water partition coefficient (Wildman–Crippen LogP) is 4.35. The topological polar surface area (TPSA) is 87.1 Å². The highest BCUT2D eigenvalue weighted by Gasteiger charge is 2.09. The molecular formula is C19H17ClN4O2. The molecule has 0 fully saturated rings. The van der Waals surface area contributed by atoms with Crippen LogP contribution in [0.1, 0.15) is 5.56 Å². The smallest absolute Gasteiger partial charge is 0.322 e. The molecule has 132 valence electrons. The van der Waals surface area contributed by atoms with Gasteiger partial charge in [0.1, 0.15) is 12.4 Å². The van der Waals surface area contributed by atoms with Crippen LogP contribution >= 0.6 is 11.6 Å². The summed E-state index contributed by atoms with van der Waals surface area (Å²) in [5.74, 6) is -0.258. The number of aliphatic carboxylic acids is 1. The molecule has 3 rings (SSSR count). The summed E-state index contributed by atoms with van der Waals surface area (Å²) in [6.45, 7) is 1.69. The lowest BCUT2D eigenvalue weighted by Gasteiger charge is -2.12. The maximum atomic E-state index is 10.8. The van der Waals surface area contributed by atoms with Gasteiger partial charge in [-0.1, -0.05) is 48.0 Å². The molecule has 3 N–H and O–H groups in total. The molecule has 3 aromatic rings. The fourth-order valence-corrected chi connectivity index (χ4v) is 2.64. The molecule has 0 aliphatic rings. The number of hydrogen-bond acceptors (Lipinski definition) is 5. The van der Waals surface area contributed by atoms with Gasteiger partial charge in [0, 0.05) is 11.6 Å². The van der Waals surface area contributed by atoms with Crippen LogP contribution in [0.3, 0.4) is 0 Å². The van der Waals surface area contributed by atoms with Crippen molar-refractivity contribution in [1.82, 2.24) is 9.97 Å². The molecule has 26 heavy (non-hydrogen) atoms. The molecule has 0 saturated heterocycles. The average Bonchev–Trinajstić information content (AvgIpc) is 2.63. The Morgan fingerprint density at radius 1 is 1.12 bits per heavy atom. The molecule has 0 aliphatic heterocycles. The number of halogens is 1. The van der Waals surface area contributed by atoms with Crippen LogP contribution in [0.15, 0.2) is 54.6 Å². The van der Waals surface area contributed by atoms with Gasteiger partial charge in [0.25, 0.3) is 0 Å². The normalized spacial score (nSPS) is 10.4. The Morgan fingerprint density at radius 2 is 1.88 bits per heavy atom. The molecule has 0 spiro atoms. The number of carbonyl (C=O) groups is 1. The lowest BCUT2D eigenvalue weighted by atomic mass is 10.1. The fraction of sp³-hybridized carbons (Fsp3) is 0.105. The number of nitrogens with one attached hydrogen (secondary N) is 2. The van der Waals surface area contributed by atoms with Gasteiger partial charge in [-0.2, -0.15) is 4.98 Å². The molecule has 0 aliphatic carbocycles. The largest absolute Gasteiger partial charge is 0.480 e. The zero-order valence-electron chi connectivity index (χ0n) is 14.0. The van der Waals surface area contributed by atoms with Crippen molar-refractivity contribution in [2.75, 3.05) is 17.2 Å². The zero-order chi connectivity index (χ0) is 18.5. The minimum Gasteiger partial charge on any atom is -0.480 e. The molecule has 6 nitrogen and oxygen atoms in total. The highest BCUT2D eigenvalue weighted by atomic mass is 35.5. The zero-order valence-corrected chi connectivity index (χ0v) is 14.8. The summed E-state index contributed by atoms with van der Waals surface area (Å²) >= 11 is 6.28. The van der Waals surface area contributed by atoms with E-state index in [2.05, 4.69) is 20.6 Å². The average molecular weight is 369 g/mol. The monoisotopic (exact) mass is 368 g/mol. The number of aromatic nitrogens is 2. The van der Waals surface area contributed by atoms with Crippen LogP contribution in [0.5, 0.6) is 0 Å². The number of hydrogen-bond donors (Lipinski definition) is 3. The van der Waals surface area contributed by atoms with Gasteiger partial charge in [-0.25, -0.2) is 4.98 Å². The third kappa shape index (κ3) is 4.49. The van der Waals surface area contributed by atoms with Crippen LogP contribution in [0, 0.1) is 6.92 Å². The molecule has 2 aromatic carbocycles. The van der Waals surface area contributed by atoms with E-state index in [1.807, 2.05) is 55.5 Å². The summed E-state index contributed by atoms with van der Waals surface area (Å²) in [6.07, 6.45) is 0. The van der Waals surface area contributed by atoms with E-state index in [-0.39, 0.29) is 12.5 Å². The van der Waals surface area contributed by atoms with E-state index in [0.717, 1.165) is 11.1 Å². The Kier molecular flexibility index (Phi) is 5.34. The highest BCUT2D eigenvalue weighted by molar-refractivity contribution is 6.33. The first-order chi connectivity index (χ1) is 12.5. The SMILES string of the molecule is Cc1ccc(Nc2cc(-c3ccccc3)nc(NCC(=O)O)n2)c(Cl)c1. The number of anilines is 3. The van der Waals surface area contributed by atoms with Crippen LogP contribution in [-0.4, -0.2) is 27.6 Å². The van der Waals surface area contributed by atoms with Gasteiger partial charge < -0.3 is 15.7 Å². The van der Waals surface area contributed by atoms with Crippen molar-refractivity contribution in [3.63, 3.8) is 0 Å². The molecule has 0 saturated carbocycles. The first-order valence-corrected chi connectivity index (χ1v) is 8.32. The summed E-state index contributed by atoms with van der Waals surface area (Å²) in [5, 5.41) is 15.3. The van der Waals surface area contributed by atoms with E-state index >= 15 is 0 Å². The lowest BCUT2D eigenvalue weighted by molar-refractivity contribution is -0.134. The van der Waals surface area contributed by atoms with E-state index in [1.165, 1.54) is 0 Å². The molecule has 1 aromatic heterocycles. The van der Waals surface area contributed by atoms with E-state index in [9.17, 15) is 4.79 Å². The second-order valence-electron chi connectivity index (χ2n) is 5.68. The van der Waals surface area contributed by atoms with Crippen LogP contribution < -0.4 is 10.6 Å². The second-order valence-corrected chi connectivity index (χ2v) is 6.09. The van der Waals surface area contributed by atoms with Crippen LogP contribution in [0.4, 0.5) is 17.5 Å². The Labute approximate surface area is 155 Å². The number of benzene rings is 2. The van der Waals surface area contributed by atoms with Crippen molar-refractivity contribution >= 4 is 35.0 Å². The number of carboxylic acids is 1. The van der Waals surface area contributed by atoms with Gasteiger partial charge in [-0.05, 0) is 24.6 Å². The minimum absolute atomic E-state index is 0.222. The molecule has 0 radical (unpaired) electrons. The van der Waals surface area contributed by atoms with Gasteiger partial charge in [0.05, 0.1) is 16.4 Å². The quantitative estimate of drug-likeness (QED) is 0.599. The van der Waals surface area contributed by atoms with Crippen molar-refractivity contribution in [3.05, 3.63) is 65.2 Å². The van der Waals surface area contributed by atoms with Gasteiger partial charge in [0.15, 0.2) is 0 Å². The molecular weight excluding hydrogens is 352 g/mol. The predicted molar refractivity (Wildman–Crippen MR) is 103 cm³/mol. The molecule has 1 heterocycles. The number of carboxylic acid groups (broad SMARTS) is 1. The molecule has 0 amide bonds. The maximum absolute atomic E-state index is 10.8. The van der Waals surface area contributed by atoms with Gasteiger partial charge >= 0.3 is 5.97 Å². The Morgan fingerprint density at radius 3 is 2.58 bits per heavy atom. The summed E-state index contributed by atoms with van der Waals surface area (Å²) in [5.41, 5.74) is 3.32. The minimum atomic E-state index is -0.991. The fourth-order valence-electron chi connectivity index (χ4n) is 2.36. The molecule has 7 heteroatoms. The van der Waals surface area contributed by atoms with Crippen molar-refractivity contribution in [3.8, 4) is 11.3 Å². The number of aryl methyl sites for hydroxylation is 1. The van der Waals surface area contributed by atoms with Gasteiger partial charge in [-0.15, -0.1) is 0 Å². The first kappa shape index (κ1) is 17.7. The Hall–Kier alpha value is -3.12. The van der Waals surface area contributed by atoms with Gasteiger partial charge in [0.2, 0.25) is 5.95 Å². The highest BCUT2D eigenvalue weighted by Crippen LogP contribution is 2.28. The molecule has 0 atom stereocenters. The van der Waals surface area contributed by atoms with E-state index in [4.69, 9.17) is 16.7 Å². The van der Waals surface area contributed by atoms with Crippen LogP contribution in [0.25, 0.3) is 11.3 Å². The second kappa shape index (κ2) is 7.84. The van der Waals surface area contributed by atoms with Crippen LogP contribution in [-0.2, 0) is 4.79 Å². The third-order valence-electron chi connectivity index (χ3n) is 3.58. The van der Waals surface area contributed by atoms with Crippen molar-refractivity contribution in [2.45, 2.75) is 6.92 Å². The molecule has 0 unspecified atom stereocenters. The van der Waals surface area contributed by atoms with E-state index < -0.39 is 5.97 Å². The first-order valence-electron chi connectivity index (χ1n) is 7.94. The summed E-state index contributed by atoms with van der Waals surface area (Å²) in [7, 11) is 0. The van der Waals surface area contributed by atoms with Crippen molar-refractivity contribution < 1.29 is 9.90 Å². The summed E-state index contributed by atoms with van der Waals surface area (Å²) < 4.78 is 0. The standard InChI is InChI=1S/C19H17ClN4O2/c1-12-7-8-15(14(20)9-12)22-17-10-16(13-5-3-2-4-6-13)23-19(24-17)21-11-18(25)26/h2-10H,11H2,1H3,(H,25,26)(H2,21,22,23,24). The summed E-state index contributed by atoms with van der Waals surface area (Å²) in [4.78, 5) is 19.6.